The van der Waals surface area contributed by atoms with Crippen LogP contribution in [-0.2, 0) is 28.0 Å². The highest BCUT2D eigenvalue weighted by atomic mass is 19.1. The summed E-state index contributed by atoms with van der Waals surface area (Å²) in [5.41, 5.74) is 2.03. The fraction of sp³-hybridized carbons (Fsp3) is 0.355. The van der Waals surface area contributed by atoms with E-state index >= 15 is 0 Å². The molecule has 0 fully saturated rings. The lowest BCUT2D eigenvalue weighted by Crippen LogP contribution is -2.53. The first-order chi connectivity index (χ1) is 17.6. The maximum atomic E-state index is 14.7. The van der Waals surface area contributed by atoms with Crippen LogP contribution in [0.15, 0.2) is 78.9 Å². The van der Waals surface area contributed by atoms with E-state index in [-0.39, 0.29) is 36.9 Å². The smallest absolute Gasteiger partial charge is 0.261 e. The monoisotopic (exact) mass is 504 g/mol. The van der Waals surface area contributed by atoms with Gasteiger partial charge in [-0.2, -0.15) is 0 Å². The van der Waals surface area contributed by atoms with E-state index in [1.807, 2.05) is 68.4 Å². The van der Waals surface area contributed by atoms with Crippen LogP contribution in [0.25, 0.3) is 0 Å². The van der Waals surface area contributed by atoms with Crippen molar-refractivity contribution in [2.75, 3.05) is 6.61 Å². The van der Waals surface area contributed by atoms with E-state index in [4.69, 9.17) is 4.74 Å². The van der Waals surface area contributed by atoms with E-state index in [0.717, 1.165) is 11.1 Å². The van der Waals surface area contributed by atoms with Crippen molar-refractivity contribution in [3.8, 4) is 5.75 Å². The van der Waals surface area contributed by atoms with Crippen molar-refractivity contribution in [3.05, 3.63) is 101 Å². The van der Waals surface area contributed by atoms with Gasteiger partial charge < -0.3 is 15.0 Å². The van der Waals surface area contributed by atoms with Crippen molar-refractivity contribution < 1.29 is 18.7 Å². The Morgan fingerprint density at radius 3 is 2.19 bits per heavy atom. The van der Waals surface area contributed by atoms with Crippen LogP contribution in [0.1, 0.15) is 51.3 Å². The highest BCUT2D eigenvalue weighted by Gasteiger charge is 2.32. The van der Waals surface area contributed by atoms with Crippen LogP contribution in [-0.4, -0.2) is 35.4 Å². The number of hydrogen-bond donors (Lipinski definition) is 1. The first-order valence-corrected chi connectivity index (χ1v) is 12.7. The Morgan fingerprint density at radius 1 is 0.919 bits per heavy atom. The molecule has 0 heterocycles. The molecule has 0 unspecified atom stereocenters. The van der Waals surface area contributed by atoms with Gasteiger partial charge in [0.2, 0.25) is 5.91 Å². The van der Waals surface area contributed by atoms with Crippen LogP contribution >= 0.6 is 0 Å². The predicted molar refractivity (Wildman–Crippen MR) is 145 cm³/mol. The molecule has 0 radical (unpaired) electrons. The number of nitrogens with zero attached hydrogens (tertiary/aromatic N) is 1. The Bertz CT molecular complexity index is 1190. The molecular weight excluding hydrogens is 467 g/mol. The number of halogens is 1. The first kappa shape index (κ1) is 27.9. The minimum absolute atomic E-state index is 0.0567. The third-order valence-electron chi connectivity index (χ3n) is 6.05. The van der Waals surface area contributed by atoms with E-state index < -0.39 is 17.8 Å². The van der Waals surface area contributed by atoms with Gasteiger partial charge in [-0.05, 0) is 42.5 Å². The summed E-state index contributed by atoms with van der Waals surface area (Å²) in [7, 11) is 0. The molecule has 0 aliphatic carbocycles. The van der Waals surface area contributed by atoms with E-state index in [1.165, 1.54) is 11.0 Å². The fourth-order valence-electron chi connectivity index (χ4n) is 4.18. The molecule has 0 aliphatic heterocycles. The van der Waals surface area contributed by atoms with Crippen molar-refractivity contribution in [1.29, 1.82) is 0 Å². The number of hydrogen-bond acceptors (Lipinski definition) is 3. The van der Waals surface area contributed by atoms with Crippen LogP contribution in [0.3, 0.4) is 0 Å². The van der Waals surface area contributed by atoms with Crippen molar-refractivity contribution >= 4 is 11.8 Å². The number of nitrogens with one attached hydrogen (secondary N) is 1. The Labute approximate surface area is 219 Å². The third-order valence-corrected chi connectivity index (χ3v) is 6.05. The van der Waals surface area contributed by atoms with Gasteiger partial charge in [-0.3, -0.25) is 9.59 Å². The zero-order valence-electron chi connectivity index (χ0n) is 22.3. The number of carbonyl (C=O) groups excluding carboxylic acids is 2. The van der Waals surface area contributed by atoms with Gasteiger partial charge in [0, 0.05) is 24.6 Å². The molecule has 37 heavy (non-hydrogen) atoms. The summed E-state index contributed by atoms with van der Waals surface area (Å²) in [6.07, 6.45) is 0.290. The zero-order valence-corrected chi connectivity index (χ0v) is 22.3. The van der Waals surface area contributed by atoms with Gasteiger partial charge in [-0.15, -0.1) is 0 Å². The number of ether oxygens (including phenoxy) is 1. The van der Waals surface area contributed by atoms with Gasteiger partial charge in [0.25, 0.3) is 5.91 Å². The molecule has 0 aromatic heterocycles. The van der Waals surface area contributed by atoms with Crippen LogP contribution < -0.4 is 10.1 Å². The maximum Gasteiger partial charge on any atom is 0.261 e. The van der Waals surface area contributed by atoms with Gasteiger partial charge in [0.15, 0.2) is 6.61 Å². The minimum atomic E-state index is -0.849. The van der Waals surface area contributed by atoms with Gasteiger partial charge >= 0.3 is 0 Å². The van der Waals surface area contributed by atoms with E-state index in [1.54, 1.807) is 18.2 Å². The number of benzene rings is 3. The van der Waals surface area contributed by atoms with Gasteiger partial charge in [0.05, 0.1) is 0 Å². The lowest BCUT2D eigenvalue weighted by atomic mass is 9.86. The second kappa shape index (κ2) is 12.5. The molecule has 196 valence electrons. The molecule has 0 spiro atoms. The summed E-state index contributed by atoms with van der Waals surface area (Å²) in [6.45, 7) is 9.63. The summed E-state index contributed by atoms with van der Waals surface area (Å²) >= 11 is 0. The van der Waals surface area contributed by atoms with Gasteiger partial charge in [0.1, 0.15) is 17.6 Å². The van der Waals surface area contributed by atoms with Crippen molar-refractivity contribution in [1.82, 2.24) is 10.2 Å². The van der Waals surface area contributed by atoms with Gasteiger partial charge in [-0.1, -0.05) is 87.5 Å². The summed E-state index contributed by atoms with van der Waals surface area (Å²) in [6, 6.07) is 22.5. The predicted octanol–water partition coefficient (Wildman–Crippen LogP) is 5.67. The summed E-state index contributed by atoms with van der Waals surface area (Å²) in [5, 5.41) is 2.93. The molecule has 1 atom stereocenters. The Hall–Kier alpha value is -3.67. The van der Waals surface area contributed by atoms with Crippen LogP contribution in [0.2, 0.25) is 0 Å². The summed E-state index contributed by atoms with van der Waals surface area (Å²) in [4.78, 5) is 28.5. The highest BCUT2D eigenvalue weighted by molar-refractivity contribution is 5.88. The molecule has 0 saturated heterocycles. The number of rotatable bonds is 10. The summed E-state index contributed by atoms with van der Waals surface area (Å²) < 4.78 is 20.7. The molecule has 1 N–H and O–H groups in total. The first-order valence-electron chi connectivity index (χ1n) is 12.7. The maximum absolute atomic E-state index is 14.7. The average molecular weight is 505 g/mol. The van der Waals surface area contributed by atoms with Crippen molar-refractivity contribution in [2.24, 2.45) is 0 Å². The standard InChI is InChI=1S/C31H37FN2O3/c1-22(2)33-30(36)27(19-23-13-7-6-8-14-23)34(20-24-15-9-11-17-26(24)32)29(35)21-37-28-18-12-10-16-25(28)31(3,4)5/h6-18,22,27H,19-21H2,1-5H3,(H,33,36)/t27-/m0/s1. The zero-order chi connectivity index (χ0) is 27.0. The van der Waals surface area contributed by atoms with Crippen LogP contribution in [0, 0.1) is 5.82 Å². The SMILES string of the molecule is CC(C)NC(=O)[C@H](Cc1ccccc1)N(Cc1ccccc1F)C(=O)COc1ccccc1C(C)(C)C. The lowest BCUT2D eigenvalue weighted by molar-refractivity contribution is -0.143. The third kappa shape index (κ3) is 7.91. The molecule has 0 aliphatic rings. The molecule has 5 nitrogen and oxygen atoms in total. The quantitative estimate of drug-likeness (QED) is 0.387. The number of carbonyl (C=O) groups is 2. The molecule has 2 amide bonds. The fourth-order valence-corrected chi connectivity index (χ4v) is 4.18. The van der Waals surface area contributed by atoms with Crippen LogP contribution in [0.5, 0.6) is 5.75 Å². The van der Waals surface area contributed by atoms with E-state index in [0.29, 0.717) is 11.3 Å². The summed E-state index contributed by atoms with van der Waals surface area (Å²) in [5.74, 6) is -0.507. The second-order valence-electron chi connectivity index (χ2n) is 10.5. The van der Waals surface area contributed by atoms with E-state index in [2.05, 4.69) is 26.1 Å². The second-order valence-corrected chi connectivity index (χ2v) is 10.5. The molecule has 6 heteroatoms. The van der Waals surface area contributed by atoms with Crippen molar-refractivity contribution in [2.45, 2.75) is 65.1 Å². The molecule has 3 aromatic carbocycles. The van der Waals surface area contributed by atoms with Gasteiger partial charge in [-0.25, -0.2) is 4.39 Å². The lowest BCUT2D eigenvalue weighted by Gasteiger charge is -2.32. The number of para-hydroxylation sites is 1. The topological polar surface area (TPSA) is 58.6 Å². The van der Waals surface area contributed by atoms with Crippen molar-refractivity contribution in [3.63, 3.8) is 0 Å². The normalized spacial score (nSPS) is 12.2. The molecule has 3 aromatic rings. The largest absolute Gasteiger partial charge is 0.483 e. The molecule has 0 bridgehead atoms. The Balaban J connectivity index is 1.95. The Morgan fingerprint density at radius 2 is 1.54 bits per heavy atom. The molecule has 3 rings (SSSR count). The average Bonchev–Trinajstić information content (AvgIpc) is 2.85. The highest BCUT2D eigenvalue weighted by Crippen LogP contribution is 2.31. The molecular formula is C31H37FN2O3. The number of amides is 2. The molecule has 0 saturated carbocycles. The Kier molecular flexibility index (Phi) is 9.45. The van der Waals surface area contributed by atoms with Crippen LogP contribution in [0.4, 0.5) is 4.39 Å². The van der Waals surface area contributed by atoms with E-state index in [9.17, 15) is 14.0 Å². The minimum Gasteiger partial charge on any atom is -0.483 e.